The molecule has 3 aromatic carbocycles. The van der Waals surface area contributed by atoms with Gasteiger partial charge in [0.15, 0.2) is 51.4 Å². The molecule has 0 spiro atoms. The van der Waals surface area contributed by atoms with Crippen LogP contribution in [0.1, 0.15) is 0 Å². The largest absolute Gasteiger partial charge is 0.333 e. The zero-order valence-corrected chi connectivity index (χ0v) is 18.8. The summed E-state index contributed by atoms with van der Waals surface area (Å²) >= 11 is 0. The number of halogens is 6. The number of rotatable bonds is 0. The van der Waals surface area contributed by atoms with E-state index in [0.29, 0.717) is 0 Å². The molecule has 184 valence electrons. The van der Waals surface area contributed by atoms with Crippen LogP contribution in [-0.4, -0.2) is 19.1 Å². The number of hydrogen-bond acceptors (Lipinski definition) is 5. The van der Waals surface area contributed by atoms with Crippen molar-refractivity contribution in [1.29, 1.82) is 15.8 Å². The zero-order valence-electron chi connectivity index (χ0n) is 18.8. The molecule has 0 N–H and O–H groups in total. The number of aromatic nitrogens is 4. The summed E-state index contributed by atoms with van der Waals surface area (Å²) in [5.41, 5.74) is -5.48. The van der Waals surface area contributed by atoms with Crippen molar-refractivity contribution in [1.82, 2.24) is 19.1 Å². The Morgan fingerprint density at radius 2 is 1.16 bits per heavy atom. The molecule has 0 atom stereocenters. The minimum Gasteiger partial charge on any atom is -0.333 e. The van der Waals surface area contributed by atoms with Crippen LogP contribution in [0.2, 0.25) is 0 Å². The summed E-state index contributed by atoms with van der Waals surface area (Å²) in [4.78, 5) is 10.3. The van der Waals surface area contributed by atoms with Crippen molar-refractivity contribution in [2.24, 2.45) is 14.1 Å². The predicted octanol–water partition coefficient (Wildman–Crippen LogP) is 3.35. The van der Waals surface area contributed by atoms with E-state index in [0.717, 1.165) is 23.2 Å². The normalized spacial score (nSPS) is 12.0. The maximum Gasteiger partial charge on any atom is 0.303 e. The Hall–Kier alpha value is -5.60. The average Bonchev–Trinajstić information content (AvgIpc) is 3.42. The Morgan fingerprint density at radius 1 is 0.658 bits per heavy atom. The van der Waals surface area contributed by atoms with Crippen LogP contribution in [0.4, 0.5) is 26.3 Å². The molecule has 0 aliphatic carbocycles. The number of nitrogens with zero attached hydrogens (tertiary/aromatic N) is 8. The molecule has 8 nitrogen and oxygen atoms in total. The first-order chi connectivity index (χ1) is 18.0. The average molecular weight is 520 g/mol. The van der Waals surface area contributed by atoms with Gasteiger partial charge in [0.05, 0.1) is 28.9 Å². The molecule has 5 rings (SSSR count). The number of nitriles is 3. The second-order valence-electron chi connectivity index (χ2n) is 7.94. The summed E-state index contributed by atoms with van der Waals surface area (Å²) in [6, 6.07) is 4.49. The molecule has 0 bridgehead atoms. The molecule has 0 radical (unpaired) electrons. The summed E-state index contributed by atoms with van der Waals surface area (Å²) in [5.74, 6) is -10.7. The van der Waals surface area contributed by atoms with Crippen LogP contribution >= 0.6 is 0 Å². The van der Waals surface area contributed by atoms with E-state index in [1.807, 2.05) is 0 Å². The van der Waals surface area contributed by atoms with Crippen LogP contribution in [0.3, 0.4) is 0 Å². The molecule has 0 amide bonds. The summed E-state index contributed by atoms with van der Waals surface area (Å²) in [6.45, 7) is 7.07. The molecule has 38 heavy (non-hydrogen) atoms. The maximum absolute atomic E-state index is 16.0. The standard InChI is InChI=1S/C24H6F6N8/c1-34-8(6-33)24-36-19-16(28)11-9(17(29)22(19)38(24)3)10-12(15(27)14(11)26)21-20(18(30)13(10)25)35-23(37(21)2)7(4-31)5-32/h2-3H3/b24-8+. The van der Waals surface area contributed by atoms with E-state index in [4.69, 9.17) is 11.8 Å². The fourth-order valence-corrected chi connectivity index (χ4v) is 4.53. The van der Waals surface area contributed by atoms with Crippen molar-refractivity contribution >= 4 is 54.9 Å². The first kappa shape index (κ1) is 24.1. The molecule has 0 fully saturated rings. The molecule has 0 saturated heterocycles. The third kappa shape index (κ3) is 2.71. The quantitative estimate of drug-likeness (QED) is 0.177. The monoisotopic (exact) mass is 520 g/mol. The van der Waals surface area contributed by atoms with Gasteiger partial charge in [0.1, 0.15) is 28.7 Å². The Labute approximate surface area is 206 Å². The van der Waals surface area contributed by atoms with E-state index in [2.05, 4.69) is 14.8 Å². The van der Waals surface area contributed by atoms with E-state index >= 15 is 26.3 Å². The highest BCUT2D eigenvalue weighted by molar-refractivity contribution is 6.19. The third-order valence-electron chi connectivity index (χ3n) is 6.16. The van der Waals surface area contributed by atoms with Crippen molar-refractivity contribution in [3.63, 3.8) is 0 Å². The smallest absolute Gasteiger partial charge is 0.303 e. The first-order valence-corrected chi connectivity index (χ1v) is 10.2. The second-order valence-corrected chi connectivity index (χ2v) is 7.94. The number of benzene rings is 3. The first-order valence-electron chi connectivity index (χ1n) is 10.2. The van der Waals surface area contributed by atoms with Gasteiger partial charge in [-0.2, -0.15) is 10.5 Å². The highest BCUT2D eigenvalue weighted by atomic mass is 19.2. The minimum absolute atomic E-state index is 0.503. The van der Waals surface area contributed by atoms with Crippen molar-refractivity contribution < 1.29 is 26.3 Å². The van der Waals surface area contributed by atoms with Crippen LogP contribution in [0.25, 0.3) is 59.7 Å². The van der Waals surface area contributed by atoms with E-state index < -0.39 is 101 Å². The van der Waals surface area contributed by atoms with Gasteiger partial charge in [-0.1, -0.05) is 0 Å². The lowest BCUT2D eigenvalue weighted by molar-refractivity contribution is 0.513. The van der Waals surface area contributed by atoms with Crippen LogP contribution < -0.4 is 11.0 Å². The highest BCUT2D eigenvalue weighted by Gasteiger charge is 2.32. The predicted molar refractivity (Wildman–Crippen MR) is 119 cm³/mol. The van der Waals surface area contributed by atoms with Gasteiger partial charge in [-0.05, 0) is 0 Å². The van der Waals surface area contributed by atoms with Crippen molar-refractivity contribution in [2.75, 3.05) is 0 Å². The van der Waals surface area contributed by atoms with Gasteiger partial charge in [0.2, 0.25) is 0 Å². The molecule has 2 aromatic heterocycles. The molecular weight excluding hydrogens is 514 g/mol. The Bertz CT molecular complexity index is 2230. The summed E-state index contributed by atoms with van der Waals surface area (Å²) in [5, 5.41) is 22.7. The molecule has 0 aliphatic heterocycles. The highest BCUT2D eigenvalue weighted by Crippen LogP contribution is 2.42. The van der Waals surface area contributed by atoms with E-state index in [-0.39, 0.29) is 0 Å². The summed E-state index contributed by atoms with van der Waals surface area (Å²) in [7, 11) is 2.21. The number of hydrogen-bond donors (Lipinski definition) is 0. The zero-order chi connectivity index (χ0) is 27.8. The van der Waals surface area contributed by atoms with Crippen LogP contribution in [0, 0.1) is 75.5 Å². The van der Waals surface area contributed by atoms with Crippen molar-refractivity contribution in [3.8, 4) is 18.2 Å². The SMILES string of the molecule is [C-]#[N+]/C(C#N)=c1\nc2c(F)c3c(F)c(F)c4c(c(F)c(F)c5nc(=C(C#N)C#N)n(C)c54)c3c(F)c2n1C. The van der Waals surface area contributed by atoms with Gasteiger partial charge in [0.25, 0.3) is 0 Å². The Balaban J connectivity index is 2.23. The third-order valence-corrected chi connectivity index (χ3v) is 6.16. The number of fused-ring (bicyclic) bond motifs is 6. The van der Waals surface area contributed by atoms with Gasteiger partial charge in [-0.25, -0.2) is 46.4 Å². The van der Waals surface area contributed by atoms with E-state index in [1.54, 1.807) is 0 Å². The van der Waals surface area contributed by atoms with Gasteiger partial charge >= 0.3 is 5.70 Å². The van der Waals surface area contributed by atoms with E-state index in [9.17, 15) is 10.5 Å². The Morgan fingerprint density at radius 3 is 1.74 bits per heavy atom. The molecule has 0 aliphatic rings. The number of aryl methyl sites for hydroxylation is 2. The maximum atomic E-state index is 16.0. The summed E-state index contributed by atoms with van der Waals surface area (Å²) in [6.07, 6.45) is 0. The van der Waals surface area contributed by atoms with Gasteiger partial charge < -0.3 is 9.13 Å². The molecule has 0 saturated carbocycles. The topological polar surface area (TPSA) is 111 Å². The van der Waals surface area contributed by atoms with Crippen molar-refractivity contribution in [3.05, 3.63) is 57.3 Å². The molecular formula is C24H6F6N8. The van der Waals surface area contributed by atoms with Crippen LogP contribution in [0.15, 0.2) is 0 Å². The van der Waals surface area contributed by atoms with Crippen LogP contribution in [0.5, 0.6) is 0 Å². The Kier molecular flexibility index (Phi) is 5.05. The fourth-order valence-electron chi connectivity index (χ4n) is 4.53. The second kappa shape index (κ2) is 7.95. The van der Waals surface area contributed by atoms with Gasteiger partial charge in [-0.3, -0.25) is 0 Å². The lowest BCUT2D eigenvalue weighted by atomic mass is 9.97. The molecule has 2 heterocycles. The number of imidazole rings is 2. The molecule has 5 aromatic rings. The molecule has 14 heteroatoms. The summed E-state index contributed by atoms with van der Waals surface area (Å²) < 4.78 is 94.8. The lowest BCUT2D eigenvalue weighted by Crippen LogP contribution is -2.18. The molecule has 0 unspecified atom stereocenters. The lowest BCUT2D eigenvalue weighted by Gasteiger charge is -2.13. The van der Waals surface area contributed by atoms with Gasteiger partial charge in [-0.15, -0.1) is 0 Å². The fraction of sp³-hybridized carbons (Fsp3) is 0.0833. The van der Waals surface area contributed by atoms with E-state index in [1.165, 1.54) is 18.2 Å². The van der Waals surface area contributed by atoms with Crippen molar-refractivity contribution in [2.45, 2.75) is 0 Å². The minimum atomic E-state index is -1.97. The van der Waals surface area contributed by atoms with Gasteiger partial charge in [0, 0.05) is 24.9 Å². The van der Waals surface area contributed by atoms with Crippen LogP contribution in [-0.2, 0) is 14.1 Å².